The molecule has 0 saturated carbocycles. The smallest absolute Gasteiger partial charge is 0.262 e. The van der Waals surface area contributed by atoms with E-state index in [1.165, 1.54) is 16.2 Å². The van der Waals surface area contributed by atoms with Crippen molar-refractivity contribution in [1.29, 1.82) is 0 Å². The lowest BCUT2D eigenvalue weighted by molar-refractivity contribution is 0.173. The fraction of sp³-hybridized carbons (Fsp3) is 0.200. The summed E-state index contributed by atoms with van der Waals surface area (Å²) in [5, 5.41) is 14.1. The van der Waals surface area contributed by atoms with Crippen molar-refractivity contribution >= 4 is 43.0 Å². The number of nitrogens with zero attached hydrogens (tertiary/aromatic N) is 2. The summed E-state index contributed by atoms with van der Waals surface area (Å²) < 4.78 is 7.74. The highest BCUT2D eigenvalue weighted by Gasteiger charge is 2.19. The molecule has 0 aliphatic carbocycles. The second kappa shape index (κ2) is 8.86. The highest BCUT2D eigenvalue weighted by atomic mass is 32.1. The van der Waals surface area contributed by atoms with Crippen molar-refractivity contribution in [1.82, 2.24) is 9.55 Å². The van der Waals surface area contributed by atoms with Gasteiger partial charge >= 0.3 is 0 Å². The van der Waals surface area contributed by atoms with E-state index < -0.39 is 0 Å². The molecule has 32 heavy (non-hydrogen) atoms. The standard InChI is InChI=1S/C25H22N2O3S2/c1-30-15-21-26-24-22(25(29)27(21)10-9-18-8-5-11-31-18)19-13-17(14-20(28)23(19)32-24)12-16-6-3-2-4-7-16/h2-8,11,13-14,28H,9-10,12,15H2,1H3. The molecule has 3 heterocycles. The predicted molar refractivity (Wildman–Crippen MR) is 131 cm³/mol. The van der Waals surface area contributed by atoms with Gasteiger partial charge in [0.2, 0.25) is 0 Å². The van der Waals surface area contributed by atoms with Gasteiger partial charge in [-0.1, -0.05) is 36.4 Å². The van der Waals surface area contributed by atoms with Gasteiger partial charge in [0.1, 0.15) is 23.0 Å². The summed E-state index contributed by atoms with van der Waals surface area (Å²) in [6.07, 6.45) is 1.44. The minimum Gasteiger partial charge on any atom is -0.506 e. The Morgan fingerprint density at radius 2 is 1.94 bits per heavy atom. The summed E-state index contributed by atoms with van der Waals surface area (Å²) in [5.41, 5.74) is 2.03. The number of aromatic hydroxyl groups is 1. The molecule has 5 rings (SSSR count). The van der Waals surface area contributed by atoms with Crippen molar-refractivity contribution in [3.8, 4) is 5.75 Å². The van der Waals surface area contributed by atoms with Gasteiger partial charge in [-0.3, -0.25) is 9.36 Å². The van der Waals surface area contributed by atoms with Gasteiger partial charge in [0.05, 0.1) is 10.1 Å². The second-order valence-corrected chi connectivity index (χ2v) is 9.71. The average molecular weight is 463 g/mol. The molecule has 0 saturated heterocycles. The van der Waals surface area contributed by atoms with E-state index in [1.807, 2.05) is 35.7 Å². The van der Waals surface area contributed by atoms with E-state index in [4.69, 9.17) is 9.72 Å². The number of fused-ring (bicyclic) bond motifs is 3. The Balaban J connectivity index is 1.64. The molecule has 1 N–H and O–H groups in total. The minimum absolute atomic E-state index is 0.0823. The fourth-order valence-electron chi connectivity index (χ4n) is 4.02. The van der Waals surface area contributed by atoms with E-state index in [2.05, 4.69) is 18.2 Å². The summed E-state index contributed by atoms with van der Waals surface area (Å²) >= 11 is 3.04. The molecule has 0 spiro atoms. The van der Waals surface area contributed by atoms with Crippen LogP contribution in [-0.4, -0.2) is 21.8 Å². The molecule has 5 nitrogen and oxygen atoms in total. The van der Waals surface area contributed by atoms with Crippen molar-refractivity contribution < 1.29 is 9.84 Å². The molecule has 7 heteroatoms. The summed E-state index contributed by atoms with van der Waals surface area (Å²) in [7, 11) is 1.60. The number of aryl methyl sites for hydroxylation is 1. The topological polar surface area (TPSA) is 64.3 Å². The van der Waals surface area contributed by atoms with Crippen LogP contribution < -0.4 is 5.56 Å². The SMILES string of the molecule is COCc1nc2sc3c(O)cc(Cc4ccccc4)cc3c2c(=O)n1CCc1cccs1. The molecule has 2 aromatic carbocycles. The third kappa shape index (κ3) is 3.95. The van der Waals surface area contributed by atoms with E-state index in [0.717, 1.165) is 22.9 Å². The lowest BCUT2D eigenvalue weighted by Gasteiger charge is -2.11. The first-order chi connectivity index (χ1) is 15.6. The molecule has 0 bridgehead atoms. The number of thiophene rings is 2. The number of aromatic nitrogens is 2. The van der Waals surface area contributed by atoms with Crippen LogP contribution in [0.25, 0.3) is 20.3 Å². The largest absolute Gasteiger partial charge is 0.506 e. The number of phenols is 1. The van der Waals surface area contributed by atoms with Gasteiger partial charge in [0.25, 0.3) is 5.56 Å². The normalized spacial score (nSPS) is 11.5. The maximum atomic E-state index is 13.6. The third-order valence-electron chi connectivity index (χ3n) is 5.50. The lowest BCUT2D eigenvalue weighted by Crippen LogP contribution is -2.26. The molecule has 0 radical (unpaired) electrons. The number of ether oxygens (including phenoxy) is 1. The van der Waals surface area contributed by atoms with Crippen molar-refractivity contribution in [2.24, 2.45) is 0 Å². The van der Waals surface area contributed by atoms with E-state index in [-0.39, 0.29) is 17.9 Å². The zero-order valence-corrected chi connectivity index (χ0v) is 19.2. The van der Waals surface area contributed by atoms with Gasteiger partial charge in [-0.15, -0.1) is 22.7 Å². The van der Waals surface area contributed by atoms with Crippen LogP contribution in [0.15, 0.2) is 64.8 Å². The zero-order valence-electron chi connectivity index (χ0n) is 17.6. The molecule has 0 aliphatic heterocycles. The monoisotopic (exact) mass is 462 g/mol. The van der Waals surface area contributed by atoms with Crippen molar-refractivity contribution in [2.45, 2.75) is 26.0 Å². The lowest BCUT2D eigenvalue weighted by atomic mass is 10.0. The van der Waals surface area contributed by atoms with Gasteiger partial charge in [-0.05, 0) is 47.5 Å². The summed E-state index contributed by atoms with van der Waals surface area (Å²) in [6.45, 7) is 0.795. The zero-order chi connectivity index (χ0) is 22.1. The third-order valence-corrected chi connectivity index (χ3v) is 7.56. The van der Waals surface area contributed by atoms with Crippen LogP contribution in [0.1, 0.15) is 21.8 Å². The number of hydrogen-bond donors (Lipinski definition) is 1. The Morgan fingerprint density at radius 3 is 2.69 bits per heavy atom. The molecule has 162 valence electrons. The van der Waals surface area contributed by atoms with Crippen LogP contribution >= 0.6 is 22.7 Å². The average Bonchev–Trinajstić information content (AvgIpc) is 3.43. The molecule has 0 fully saturated rings. The van der Waals surface area contributed by atoms with Crippen LogP contribution in [0.3, 0.4) is 0 Å². The molecular weight excluding hydrogens is 440 g/mol. The van der Waals surface area contributed by atoms with E-state index >= 15 is 0 Å². The van der Waals surface area contributed by atoms with Gasteiger partial charge < -0.3 is 9.84 Å². The van der Waals surface area contributed by atoms with Crippen molar-refractivity contribution in [2.75, 3.05) is 7.11 Å². The minimum atomic E-state index is -0.0823. The predicted octanol–water partition coefficient (Wildman–Crippen LogP) is 5.36. The van der Waals surface area contributed by atoms with E-state index in [0.29, 0.717) is 33.7 Å². The highest BCUT2D eigenvalue weighted by molar-refractivity contribution is 7.25. The molecule has 0 unspecified atom stereocenters. The summed E-state index contributed by atoms with van der Waals surface area (Å²) in [6, 6.07) is 18.0. The Hall–Kier alpha value is -3.00. The number of hydrogen-bond acceptors (Lipinski definition) is 6. The van der Waals surface area contributed by atoms with Crippen LogP contribution in [-0.2, 0) is 30.7 Å². The van der Waals surface area contributed by atoms with Crippen LogP contribution in [0.2, 0.25) is 0 Å². The van der Waals surface area contributed by atoms with Crippen LogP contribution in [0.4, 0.5) is 0 Å². The Kier molecular flexibility index (Phi) is 5.78. The van der Waals surface area contributed by atoms with Gasteiger partial charge in [0.15, 0.2) is 0 Å². The van der Waals surface area contributed by atoms with Crippen molar-refractivity contribution in [3.63, 3.8) is 0 Å². The van der Waals surface area contributed by atoms with E-state index in [9.17, 15) is 9.90 Å². The Bertz CT molecular complexity index is 1440. The number of rotatable bonds is 7. The second-order valence-electron chi connectivity index (χ2n) is 7.68. The molecule has 5 aromatic rings. The summed E-state index contributed by atoms with van der Waals surface area (Å²) in [5.74, 6) is 0.798. The molecular formula is C25H22N2O3S2. The van der Waals surface area contributed by atoms with Gasteiger partial charge in [0, 0.05) is 23.9 Å². The first-order valence-corrected chi connectivity index (χ1v) is 12.1. The number of phenolic OH excluding ortho intramolecular Hbond substituents is 1. The van der Waals surface area contributed by atoms with Crippen molar-refractivity contribution in [3.05, 3.63) is 92.2 Å². The Labute approximate surface area is 193 Å². The Morgan fingerprint density at radius 1 is 1.09 bits per heavy atom. The van der Waals surface area contributed by atoms with Crippen LogP contribution in [0.5, 0.6) is 5.75 Å². The first-order valence-electron chi connectivity index (χ1n) is 10.4. The first kappa shape index (κ1) is 20.9. The maximum Gasteiger partial charge on any atom is 0.262 e. The maximum absolute atomic E-state index is 13.6. The fourth-order valence-corrected chi connectivity index (χ4v) is 5.80. The molecule has 3 aromatic heterocycles. The molecule has 0 aliphatic rings. The molecule has 0 amide bonds. The number of methoxy groups -OCH3 is 1. The van der Waals surface area contributed by atoms with Gasteiger partial charge in [-0.25, -0.2) is 4.98 Å². The van der Waals surface area contributed by atoms with Crippen LogP contribution in [0, 0.1) is 0 Å². The van der Waals surface area contributed by atoms with Gasteiger partial charge in [-0.2, -0.15) is 0 Å². The summed E-state index contributed by atoms with van der Waals surface area (Å²) in [4.78, 5) is 20.3. The molecule has 0 atom stereocenters. The quantitative estimate of drug-likeness (QED) is 0.354. The highest BCUT2D eigenvalue weighted by Crippen LogP contribution is 2.38. The number of benzene rings is 2. The van der Waals surface area contributed by atoms with E-state index in [1.54, 1.807) is 29.1 Å².